The molecule has 9 heteroatoms. The Hall–Kier alpha value is -4.76. The molecule has 0 radical (unpaired) electrons. The number of thiazole rings is 1. The molecule has 3 heterocycles. The number of benzene rings is 3. The van der Waals surface area contributed by atoms with Crippen LogP contribution in [-0.2, 0) is 0 Å². The van der Waals surface area contributed by atoms with Gasteiger partial charge in [0, 0.05) is 22.9 Å². The lowest BCUT2D eigenvalue weighted by atomic mass is 10.1. The Morgan fingerprint density at radius 2 is 1.68 bits per heavy atom. The third kappa shape index (κ3) is 4.22. The van der Waals surface area contributed by atoms with Crippen molar-refractivity contribution in [3.05, 3.63) is 105 Å². The molecule has 188 valence electrons. The van der Waals surface area contributed by atoms with Crippen LogP contribution in [0.3, 0.4) is 0 Å². The van der Waals surface area contributed by atoms with Crippen LogP contribution in [0.4, 0.5) is 0 Å². The van der Waals surface area contributed by atoms with E-state index in [9.17, 15) is 4.79 Å². The summed E-state index contributed by atoms with van der Waals surface area (Å²) in [5.41, 5.74) is 4.98. The summed E-state index contributed by atoms with van der Waals surface area (Å²) in [6, 6.07) is 23.4. The molecule has 3 aromatic carbocycles. The first-order valence-corrected chi connectivity index (χ1v) is 12.7. The second kappa shape index (κ2) is 9.60. The molecule has 0 saturated carbocycles. The fourth-order valence-electron chi connectivity index (χ4n) is 4.30. The SMILES string of the molecule is COc1ccc(-c2nn(-c3ccccc3)cc2/C=c2\sc3nc(-c4cccc(C)c4)nn3c2=O)cc1OC. The Morgan fingerprint density at radius 3 is 2.42 bits per heavy atom. The van der Waals surface area contributed by atoms with Crippen LogP contribution < -0.4 is 19.6 Å². The first-order valence-electron chi connectivity index (χ1n) is 11.9. The zero-order valence-corrected chi connectivity index (χ0v) is 21.8. The van der Waals surface area contributed by atoms with Crippen molar-refractivity contribution in [2.75, 3.05) is 14.2 Å². The number of hydrogen-bond donors (Lipinski definition) is 0. The van der Waals surface area contributed by atoms with Crippen molar-refractivity contribution in [1.29, 1.82) is 0 Å². The molecule has 3 aromatic heterocycles. The largest absolute Gasteiger partial charge is 0.493 e. The number of methoxy groups -OCH3 is 2. The van der Waals surface area contributed by atoms with Gasteiger partial charge in [-0.3, -0.25) is 4.79 Å². The van der Waals surface area contributed by atoms with Gasteiger partial charge in [-0.25, -0.2) is 4.68 Å². The number of ether oxygens (including phenoxy) is 2. The maximum Gasteiger partial charge on any atom is 0.291 e. The van der Waals surface area contributed by atoms with Gasteiger partial charge in [-0.1, -0.05) is 53.3 Å². The van der Waals surface area contributed by atoms with E-state index in [0.717, 1.165) is 27.9 Å². The number of rotatable bonds is 6. The monoisotopic (exact) mass is 521 g/mol. The Morgan fingerprint density at radius 1 is 0.868 bits per heavy atom. The van der Waals surface area contributed by atoms with Crippen LogP contribution in [0.1, 0.15) is 11.1 Å². The second-order valence-electron chi connectivity index (χ2n) is 8.70. The van der Waals surface area contributed by atoms with Gasteiger partial charge in [0.15, 0.2) is 17.3 Å². The van der Waals surface area contributed by atoms with Crippen LogP contribution in [0.25, 0.3) is 39.4 Å². The topological polar surface area (TPSA) is 83.5 Å². The van der Waals surface area contributed by atoms with Crippen molar-refractivity contribution < 1.29 is 9.47 Å². The van der Waals surface area contributed by atoms with Crippen molar-refractivity contribution in [3.8, 4) is 39.8 Å². The number of aromatic nitrogens is 5. The molecule has 0 aliphatic rings. The van der Waals surface area contributed by atoms with E-state index in [2.05, 4.69) is 10.1 Å². The molecule has 38 heavy (non-hydrogen) atoms. The van der Waals surface area contributed by atoms with E-state index < -0.39 is 0 Å². The van der Waals surface area contributed by atoms with Crippen molar-refractivity contribution in [2.45, 2.75) is 6.92 Å². The Balaban J connectivity index is 1.49. The molecule has 8 nitrogen and oxygen atoms in total. The zero-order chi connectivity index (χ0) is 26.2. The summed E-state index contributed by atoms with van der Waals surface area (Å²) in [5.74, 6) is 1.75. The summed E-state index contributed by atoms with van der Waals surface area (Å²) in [6.07, 6.45) is 3.75. The second-order valence-corrected chi connectivity index (χ2v) is 9.71. The summed E-state index contributed by atoms with van der Waals surface area (Å²) in [6.45, 7) is 2.01. The van der Waals surface area contributed by atoms with Crippen LogP contribution in [0.2, 0.25) is 0 Å². The Bertz CT molecular complexity index is 1890. The molecule has 0 aliphatic carbocycles. The maximum atomic E-state index is 13.3. The Labute approximate surface area is 222 Å². The summed E-state index contributed by atoms with van der Waals surface area (Å²) < 4.78 is 14.6. The highest BCUT2D eigenvalue weighted by atomic mass is 32.1. The van der Waals surface area contributed by atoms with Gasteiger partial charge in [0.25, 0.3) is 5.56 Å². The molecule has 0 atom stereocenters. The quantitative estimate of drug-likeness (QED) is 0.320. The first-order chi connectivity index (χ1) is 18.5. The average molecular weight is 522 g/mol. The van der Waals surface area contributed by atoms with Crippen LogP contribution in [0.15, 0.2) is 83.8 Å². The lowest BCUT2D eigenvalue weighted by Gasteiger charge is -2.09. The molecule has 0 unspecified atom stereocenters. The normalized spacial score (nSPS) is 11.8. The summed E-state index contributed by atoms with van der Waals surface area (Å²) in [4.78, 5) is 18.5. The highest BCUT2D eigenvalue weighted by Crippen LogP contribution is 2.33. The van der Waals surface area contributed by atoms with Gasteiger partial charge in [-0.05, 0) is 49.4 Å². The van der Waals surface area contributed by atoms with E-state index in [-0.39, 0.29) is 5.56 Å². The minimum absolute atomic E-state index is 0.220. The molecular weight excluding hydrogens is 498 g/mol. The van der Waals surface area contributed by atoms with Gasteiger partial charge in [0.1, 0.15) is 5.69 Å². The molecule has 0 amide bonds. The fourth-order valence-corrected chi connectivity index (χ4v) is 5.19. The number of aryl methyl sites for hydroxylation is 1. The number of fused-ring (bicyclic) bond motifs is 1. The fraction of sp³-hybridized carbons (Fsp3) is 0.103. The van der Waals surface area contributed by atoms with Gasteiger partial charge >= 0.3 is 0 Å². The predicted molar refractivity (Wildman–Crippen MR) is 148 cm³/mol. The third-order valence-corrected chi connectivity index (χ3v) is 7.12. The van der Waals surface area contributed by atoms with Crippen molar-refractivity contribution in [2.24, 2.45) is 0 Å². The van der Waals surface area contributed by atoms with Gasteiger partial charge in [-0.15, -0.1) is 5.10 Å². The van der Waals surface area contributed by atoms with E-state index in [1.54, 1.807) is 18.9 Å². The standard InChI is InChI=1S/C29H23N5O3S/c1-18-8-7-9-20(14-18)27-30-29-34(32-27)28(35)25(38-29)16-21-17-33(22-10-5-4-6-11-22)31-26(21)19-12-13-23(36-2)24(15-19)37-3/h4-17H,1-3H3/b25-16-. The van der Waals surface area contributed by atoms with Crippen LogP contribution in [0, 0.1) is 6.92 Å². The van der Waals surface area contributed by atoms with Crippen LogP contribution in [0.5, 0.6) is 11.5 Å². The number of hydrogen-bond acceptors (Lipinski definition) is 7. The van der Waals surface area contributed by atoms with Crippen LogP contribution >= 0.6 is 11.3 Å². The molecule has 0 fully saturated rings. The lowest BCUT2D eigenvalue weighted by molar-refractivity contribution is 0.355. The van der Waals surface area contributed by atoms with E-state index in [1.165, 1.54) is 15.9 Å². The molecular formula is C29H23N5O3S. The van der Waals surface area contributed by atoms with Gasteiger partial charge in [0.05, 0.1) is 24.4 Å². The maximum absolute atomic E-state index is 13.3. The molecule has 0 bridgehead atoms. The van der Waals surface area contributed by atoms with Gasteiger partial charge < -0.3 is 9.47 Å². The van der Waals surface area contributed by atoms with Gasteiger partial charge in [-0.2, -0.15) is 14.6 Å². The molecule has 0 spiro atoms. The summed E-state index contributed by atoms with van der Waals surface area (Å²) in [5, 5.41) is 9.36. The van der Waals surface area contributed by atoms with Crippen molar-refractivity contribution in [1.82, 2.24) is 24.4 Å². The summed E-state index contributed by atoms with van der Waals surface area (Å²) in [7, 11) is 3.20. The number of nitrogens with zero attached hydrogens (tertiary/aromatic N) is 5. The molecule has 6 rings (SSSR count). The number of para-hydroxylation sites is 1. The average Bonchev–Trinajstić information content (AvgIpc) is 3.64. The molecule has 0 saturated heterocycles. The molecule has 0 aliphatic heterocycles. The van der Waals surface area contributed by atoms with E-state index in [0.29, 0.717) is 32.5 Å². The molecule has 6 aromatic rings. The lowest BCUT2D eigenvalue weighted by Crippen LogP contribution is -2.23. The van der Waals surface area contributed by atoms with E-state index in [1.807, 2.05) is 92.0 Å². The van der Waals surface area contributed by atoms with Gasteiger partial charge in [0.2, 0.25) is 4.96 Å². The predicted octanol–water partition coefficient (Wildman–Crippen LogP) is 4.54. The third-order valence-electron chi connectivity index (χ3n) is 6.16. The van der Waals surface area contributed by atoms with Crippen LogP contribution in [-0.4, -0.2) is 38.6 Å². The zero-order valence-electron chi connectivity index (χ0n) is 21.0. The first kappa shape index (κ1) is 23.6. The minimum Gasteiger partial charge on any atom is -0.493 e. The highest BCUT2D eigenvalue weighted by Gasteiger charge is 2.16. The minimum atomic E-state index is -0.220. The smallest absolute Gasteiger partial charge is 0.291 e. The van der Waals surface area contributed by atoms with Crippen molar-refractivity contribution >= 4 is 22.4 Å². The highest BCUT2D eigenvalue weighted by molar-refractivity contribution is 7.15. The summed E-state index contributed by atoms with van der Waals surface area (Å²) >= 11 is 1.30. The van der Waals surface area contributed by atoms with E-state index >= 15 is 0 Å². The Kier molecular flexibility index (Phi) is 5.97. The molecule has 0 N–H and O–H groups in total. The van der Waals surface area contributed by atoms with Crippen molar-refractivity contribution in [3.63, 3.8) is 0 Å². The van der Waals surface area contributed by atoms with E-state index in [4.69, 9.17) is 14.6 Å².